The molecule has 170 valence electrons. The molecule has 4 rings (SSSR count). The van der Waals surface area contributed by atoms with Crippen molar-refractivity contribution in [1.82, 2.24) is 14.7 Å². The number of carbonyl (C=O) groups is 1. The lowest BCUT2D eigenvalue weighted by Crippen LogP contribution is -2.46. The minimum absolute atomic E-state index is 0.192. The second-order valence-corrected chi connectivity index (χ2v) is 7.91. The van der Waals surface area contributed by atoms with Gasteiger partial charge in [-0.2, -0.15) is 0 Å². The van der Waals surface area contributed by atoms with Crippen LogP contribution in [0.3, 0.4) is 0 Å². The van der Waals surface area contributed by atoms with E-state index in [2.05, 4.69) is 10.3 Å². The summed E-state index contributed by atoms with van der Waals surface area (Å²) in [6.07, 6.45) is 1.65. The number of hydrogen-bond acceptors (Lipinski definition) is 4. The van der Waals surface area contributed by atoms with E-state index >= 15 is 0 Å². The fraction of sp³-hybridized carbons (Fsp3) is 0.200. The van der Waals surface area contributed by atoms with Gasteiger partial charge in [-0.25, -0.2) is 13.8 Å². The summed E-state index contributed by atoms with van der Waals surface area (Å²) >= 11 is 0. The van der Waals surface area contributed by atoms with E-state index < -0.39 is 23.1 Å². The van der Waals surface area contributed by atoms with Crippen LogP contribution in [0.4, 0.5) is 8.78 Å². The molecule has 0 saturated heterocycles. The number of ether oxygens (including phenoxy) is 1. The number of carbonyl (C=O) groups excluding carboxylic acids is 1. The number of nitrogens with zero attached hydrogens (tertiary/aromatic N) is 2. The minimum atomic E-state index is -1.01. The van der Waals surface area contributed by atoms with Crippen LogP contribution in [0, 0.1) is 18.6 Å². The number of imidazole rings is 1. The number of pyridine rings is 1. The molecule has 1 amide bonds. The third-order valence-corrected chi connectivity index (χ3v) is 5.55. The Morgan fingerprint density at radius 1 is 1.09 bits per heavy atom. The highest BCUT2D eigenvalue weighted by Gasteiger charge is 2.30. The molecule has 2 heterocycles. The second-order valence-electron chi connectivity index (χ2n) is 7.91. The summed E-state index contributed by atoms with van der Waals surface area (Å²) in [5, 5.41) is 12.9. The molecule has 0 unspecified atom stereocenters. The van der Waals surface area contributed by atoms with Gasteiger partial charge in [0.2, 0.25) is 0 Å². The zero-order chi connectivity index (χ0) is 23.6. The first-order valence-corrected chi connectivity index (χ1v) is 10.4. The number of aliphatic hydroxyl groups excluding tert-OH is 1. The zero-order valence-corrected chi connectivity index (χ0v) is 18.2. The van der Waals surface area contributed by atoms with Crippen LogP contribution in [-0.4, -0.2) is 27.0 Å². The van der Waals surface area contributed by atoms with Crippen LogP contribution in [-0.2, 0) is 12.1 Å². The van der Waals surface area contributed by atoms with Crippen molar-refractivity contribution in [3.05, 3.63) is 101 Å². The predicted molar refractivity (Wildman–Crippen MR) is 119 cm³/mol. The molecule has 0 radical (unpaired) electrons. The number of fused-ring (bicyclic) bond motifs is 1. The quantitative estimate of drug-likeness (QED) is 0.443. The van der Waals surface area contributed by atoms with Gasteiger partial charge in [0, 0.05) is 6.20 Å². The number of aromatic nitrogens is 2. The first kappa shape index (κ1) is 22.4. The zero-order valence-electron chi connectivity index (χ0n) is 18.2. The van der Waals surface area contributed by atoms with Crippen molar-refractivity contribution >= 4 is 11.6 Å². The molecule has 0 saturated carbocycles. The normalized spacial score (nSPS) is 13.0. The Morgan fingerprint density at radius 3 is 2.45 bits per heavy atom. The van der Waals surface area contributed by atoms with Gasteiger partial charge < -0.3 is 15.2 Å². The number of aliphatic hydroxyl groups is 1. The lowest BCUT2D eigenvalue weighted by atomic mass is 9.92. The van der Waals surface area contributed by atoms with Crippen molar-refractivity contribution in [3.63, 3.8) is 0 Å². The highest BCUT2D eigenvalue weighted by molar-refractivity contribution is 5.95. The first-order chi connectivity index (χ1) is 15.8. The average Bonchev–Trinajstić information content (AvgIpc) is 3.16. The Kier molecular flexibility index (Phi) is 6.11. The maximum absolute atomic E-state index is 14.0. The van der Waals surface area contributed by atoms with E-state index in [1.165, 1.54) is 6.07 Å². The molecule has 4 aromatic rings. The predicted octanol–water partition coefficient (Wildman–Crippen LogP) is 4.14. The van der Waals surface area contributed by atoms with Crippen LogP contribution in [0.1, 0.15) is 34.2 Å². The molecule has 1 atom stereocenters. The van der Waals surface area contributed by atoms with E-state index in [-0.39, 0.29) is 30.2 Å². The van der Waals surface area contributed by atoms with E-state index in [4.69, 9.17) is 4.74 Å². The molecule has 0 spiro atoms. The maximum Gasteiger partial charge on any atom is 0.270 e. The van der Waals surface area contributed by atoms with E-state index in [1.54, 1.807) is 36.6 Å². The number of aryl methyl sites for hydroxylation is 1. The maximum atomic E-state index is 14.0. The molecular weight excluding hydrogens is 428 g/mol. The van der Waals surface area contributed by atoms with Gasteiger partial charge in [0.15, 0.2) is 11.4 Å². The van der Waals surface area contributed by atoms with Gasteiger partial charge in [-0.1, -0.05) is 36.4 Å². The van der Waals surface area contributed by atoms with Gasteiger partial charge in [0.1, 0.15) is 23.9 Å². The minimum Gasteiger partial charge on any atom is -0.485 e. The van der Waals surface area contributed by atoms with E-state index in [1.807, 2.05) is 30.3 Å². The molecule has 0 fully saturated rings. The number of halogens is 2. The topological polar surface area (TPSA) is 75.9 Å². The van der Waals surface area contributed by atoms with Crippen molar-refractivity contribution in [3.8, 4) is 5.75 Å². The van der Waals surface area contributed by atoms with E-state index in [9.17, 15) is 18.7 Å². The van der Waals surface area contributed by atoms with Crippen LogP contribution >= 0.6 is 0 Å². The fourth-order valence-corrected chi connectivity index (χ4v) is 3.68. The largest absolute Gasteiger partial charge is 0.485 e. The number of benzene rings is 2. The summed E-state index contributed by atoms with van der Waals surface area (Å²) < 4.78 is 35.1. The van der Waals surface area contributed by atoms with Crippen LogP contribution in [0.2, 0.25) is 0 Å². The van der Waals surface area contributed by atoms with Gasteiger partial charge in [-0.3, -0.25) is 9.20 Å². The third kappa shape index (κ3) is 4.29. The summed E-state index contributed by atoms with van der Waals surface area (Å²) in [6.45, 7) is 2.78. The lowest BCUT2D eigenvalue weighted by Gasteiger charge is -2.29. The van der Waals surface area contributed by atoms with Gasteiger partial charge in [-0.15, -0.1) is 0 Å². The molecular formula is C25H23F2N3O3. The molecule has 6 nitrogen and oxygen atoms in total. The monoisotopic (exact) mass is 451 g/mol. The van der Waals surface area contributed by atoms with Gasteiger partial charge >= 0.3 is 0 Å². The first-order valence-electron chi connectivity index (χ1n) is 10.4. The number of rotatable bonds is 7. The Bertz CT molecular complexity index is 1290. The summed E-state index contributed by atoms with van der Waals surface area (Å²) in [4.78, 5) is 17.7. The van der Waals surface area contributed by atoms with Crippen LogP contribution in [0.15, 0.2) is 66.9 Å². The Hall–Kier alpha value is -3.78. The Labute approximate surface area is 189 Å². The molecule has 0 aliphatic carbocycles. The standard InChI is InChI=1S/C25H23F2N3O3/c1-16-22(24(32)29-25(2,15-31)17-8-4-3-5-9-17)30-13-7-12-21(23(30)28-16)33-14-18-19(26)10-6-11-20(18)27/h3-13,31H,14-15H2,1-2H3,(H,29,32)/t25-/m0/s1. The number of nitrogens with one attached hydrogen (secondary N) is 1. The van der Waals surface area contributed by atoms with Crippen molar-refractivity contribution in [2.24, 2.45) is 0 Å². The summed E-state index contributed by atoms with van der Waals surface area (Å²) in [6, 6.07) is 16.0. The van der Waals surface area contributed by atoms with Gasteiger partial charge in [0.05, 0.1) is 23.4 Å². The summed E-state index contributed by atoms with van der Waals surface area (Å²) in [5.74, 6) is -1.57. The molecule has 33 heavy (non-hydrogen) atoms. The van der Waals surface area contributed by atoms with Crippen LogP contribution < -0.4 is 10.1 Å². The molecule has 0 aliphatic rings. The van der Waals surface area contributed by atoms with Crippen molar-refractivity contribution < 1.29 is 23.4 Å². The second kappa shape index (κ2) is 8.99. The average molecular weight is 451 g/mol. The van der Waals surface area contributed by atoms with Crippen molar-refractivity contribution in [2.45, 2.75) is 26.0 Å². The highest BCUT2D eigenvalue weighted by atomic mass is 19.1. The molecule has 0 bridgehead atoms. The molecule has 2 N–H and O–H groups in total. The van der Waals surface area contributed by atoms with Crippen LogP contribution in [0.5, 0.6) is 5.75 Å². The number of hydrogen-bond donors (Lipinski definition) is 2. The summed E-state index contributed by atoms with van der Waals surface area (Å²) in [5.41, 5.74) is 0.593. The number of amides is 1. The SMILES string of the molecule is Cc1nc2c(OCc3c(F)cccc3F)cccn2c1C(=O)N[C@@](C)(CO)c1ccccc1. The molecule has 2 aromatic heterocycles. The highest BCUT2D eigenvalue weighted by Crippen LogP contribution is 2.26. The van der Waals surface area contributed by atoms with E-state index in [0.717, 1.165) is 17.7 Å². The third-order valence-electron chi connectivity index (χ3n) is 5.55. The Balaban J connectivity index is 1.64. The van der Waals surface area contributed by atoms with Crippen molar-refractivity contribution in [2.75, 3.05) is 6.61 Å². The molecule has 0 aliphatic heterocycles. The van der Waals surface area contributed by atoms with Crippen LogP contribution in [0.25, 0.3) is 5.65 Å². The molecule has 2 aromatic carbocycles. The fourth-order valence-electron chi connectivity index (χ4n) is 3.68. The van der Waals surface area contributed by atoms with Gasteiger partial charge in [-0.05, 0) is 43.7 Å². The van der Waals surface area contributed by atoms with Gasteiger partial charge in [0.25, 0.3) is 5.91 Å². The molecule has 8 heteroatoms. The Morgan fingerprint density at radius 2 is 1.79 bits per heavy atom. The lowest BCUT2D eigenvalue weighted by molar-refractivity contribution is 0.0843. The van der Waals surface area contributed by atoms with Crippen molar-refractivity contribution in [1.29, 1.82) is 0 Å². The smallest absolute Gasteiger partial charge is 0.270 e. The van der Waals surface area contributed by atoms with E-state index in [0.29, 0.717) is 11.3 Å². The summed E-state index contributed by atoms with van der Waals surface area (Å²) in [7, 11) is 0.